The first-order valence-corrected chi connectivity index (χ1v) is 6.08. The van der Waals surface area contributed by atoms with Crippen LogP contribution in [0.4, 0.5) is 0 Å². The Bertz CT molecular complexity index is 394. The molecule has 1 fully saturated rings. The van der Waals surface area contributed by atoms with E-state index in [1.807, 2.05) is 24.3 Å². The summed E-state index contributed by atoms with van der Waals surface area (Å²) < 4.78 is 4.60. The summed E-state index contributed by atoms with van der Waals surface area (Å²) in [4.78, 5) is 11.4. The van der Waals surface area contributed by atoms with Crippen molar-refractivity contribution < 1.29 is 14.6 Å². The van der Waals surface area contributed by atoms with Crippen LogP contribution in [-0.4, -0.2) is 18.2 Å². The number of aliphatic hydroxyl groups is 1. The summed E-state index contributed by atoms with van der Waals surface area (Å²) >= 11 is 0. The highest BCUT2D eigenvalue weighted by Crippen LogP contribution is 2.37. The summed E-state index contributed by atoms with van der Waals surface area (Å²) in [7, 11) is 1.30. The summed E-state index contributed by atoms with van der Waals surface area (Å²) in [6.45, 7) is 0. The Labute approximate surface area is 101 Å². The van der Waals surface area contributed by atoms with E-state index < -0.39 is 12.1 Å². The Morgan fingerprint density at radius 3 is 2.65 bits per heavy atom. The fraction of sp³-hybridized carbons (Fsp3) is 0.500. The van der Waals surface area contributed by atoms with Gasteiger partial charge in [-0.2, -0.15) is 0 Å². The molecule has 1 aromatic rings. The molecule has 1 atom stereocenters. The van der Waals surface area contributed by atoms with Gasteiger partial charge in [0.1, 0.15) is 0 Å². The summed E-state index contributed by atoms with van der Waals surface area (Å²) in [6, 6.07) is 7.63. The number of hydrogen-bond acceptors (Lipinski definition) is 3. The van der Waals surface area contributed by atoms with Crippen LogP contribution >= 0.6 is 0 Å². The monoisotopic (exact) mass is 234 g/mol. The Hall–Kier alpha value is -1.35. The zero-order valence-corrected chi connectivity index (χ0v) is 10.1. The molecule has 0 saturated heterocycles. The second-order valence-corrected chi connectivity index (χ2v) is 4.54. The zero-order chi connectivity index (χ0) is 12.3. The molecular formula is C14H18O3. The highest BCUT2D eigenvalue weighted by atomic mass is 16.5. The van der Waals surface area contributed by atoms with Gasteiger partial charge in [-0.1, -0.05) is 37.1 Å². The van der Waals surface area contributed by atoms with E-state index in [0.29, 0.717) is 11.5 Å². The lowest BCUT2D eigenvalue weighted by Gasteiger charge is -2.18. The van der Waals surface area contributed by atoms with Gasteiger partial charge in [-0.05, 0) is 29.9 Å². The minimum atomic E-state index is -1.16. The maximum atomic E-state index is 11.4. The van der Waals surface area contributed by atoms with E-state index in [2.05, 4.69) is 4.74 Å². The molecule has 1 N–H and O–H groups in total. The van der Waals surface area contributed by atoms with Gasteiger partial charge in [0.25, 0.3) is 0 Å². The number of benzene rings is 1. The second-order valence-electron chi connectivity index (χ2n) is 4.54. The van der Waals surface area contributed by atoms with E-state index in [1.54, 1.807) is 0 Å². The van der Waals surface area contributed by atoms with E-state index in [-0.39, 0.29) is 0 Å². The number of esters is 1. The molecule has 0 spiro atoms. The average molecular weight is 234 g/mol. The van der Waals surface area contributed by atoms with Gasteiger partial charge in [0, 0.05) is 0 Å². The fourth-order valence-corrected chi connectivity index (χ4v) is 2.61. The van der Waals surface area contributed by atoms with Crippen molar-refractivity contribution >= 4 is 5.97 Å². The van der Waals surface area contributed by atoms with E-state index in [0.717, 1.165) is 18.4 Å². The van der Waals surface area contributed by atoms with Crippen molar-refractivity contribution in [1.29, 1.82) is 0 Å². The largest absolute Gasteiger partial charge is 0.467 e. The molecule has 92 valence electrons. The van der Waals surface area contributed by atoms with E-state index in [9.17, 15) is 9.90 Å². The third-order valence-electron chi connectivity index (χ3n) is 3.51. The molecule has 3 heteroatoms. The van der Waals surface area contributed by atoms with Gasteiger partial charge in [-0.3, -0.25) is 0 Å². The SMILES string of the molecule is COC(=O)C(O)c1ccccc1C1CCCC1. The number of carbonyl (C=O) groups is 1. The van der Waals surface area contributed by atoms with Crippen LogP contribution in [0.25, 0.3) is 0 Å². The van der Waals surface area contributed by atoms with Crippen molar-refractivity contribution in [3.05, 3.63) is 35.4 Å². The van der Waals surface area contributed by atoms with Crippen molar-refractivity contribution in [2.75, 3.05) is 7.11 Å². The van der Waals surface area contributed by atoms with Gasteiger partial charge in [-0.25, -0.2) is 4.79 Å². The van der Waals surface area contributed by atoms with Crippen LogP contribution in [-0.2, 0) is 9.53 Å². The zero-order valence-electron chi connectivity index (χ0n) is 10.1. The molecule has 1 aliphatic carbocycles. The molecule has 0 aliphatic heterocycles. The number of methoxy groups -OCH3 is 1. The van der Waals surface area contributed by atoms with Crippen LogP contribution in [0.2, 0.25) is 0 Å². The van der Waals surface area contributed by atoms with Crippen molar-refractivity contribution in [3.8, 4) is 0 Å². The molecule has 3 nitrogen and oxygen atoms in total. The first kappa shape index (κ1) is 12.1. The normalized spacial score (nSPS) is 18.0. The molecule has 0 aromatic heterocycles. The van der Waals surface area contributed by atoms with Crippen LogP contribution in [0.1, 0.15) is 48.8 Å². The molecule has 0 amide bonds. The minimum absolute atomic E-state index is 0.477. The Morgan fingerprint density at radius 2 is 2.00 bits per heavy atom. The van der Waals surface area contributed by atoms with Crippen LogP contribution < -0.4 is 0 Å². The fourth-order valence-electron chi connectivity index (χ4n) is 2.61. The molecule has 1 unspecified atom stereocenters. The van der Waals surface area contributed by atoms with E-state index >= 15 is 0 Å². The lowest BCUT2D eigenvalue weighted by Crippen LogP contribution is -2.16. The van der Waals surface area contributed by atoms with Crippen LogP contribution in [0.3, 0.4) is 0 Å². The molecule has 0 radical (unpaired) electrons. The van der Waals surface area contributed by atoms with Crippen LogP contribution in [0, 0.1) is 0 Å². The summed E-state index contributed by atoms with van der Waals surface area (Å²) in [5.41, 5.74) is 1.80. The van der Waals surface area contributed by atoms with Crippen molar-refractivity contribution in [2.24, 2.45) is 0 Å². The maximum Gasteiger partial charge on any atom is 0.339 e. The molecule has 17 heavy (non-hydrogen) atoms. The van der Waals surface area contributed by atoms with Crippen molar-refractivity contribution in [1.82, 2.24) is 0 Å². The van der Waals surface area contributed by atoms with Crippen LogP contribution in [0.5, 0.6) is 0 Å². The topological polar surface area (TPSA) is 46.5 Å². The molecule has 1 aromatic carbocycles. The number of carbonyl (C=O) groups excluding carboxylic acids is 1. The van der Waals surface area contributed by atoms with Gasteiger partial charge in [0.15, 0.2) is 6.10 Å². The predicted octanol–water partition coefficient (Wildman–Crippen LogP) is 2.55. The van der Waals surface area contributed by atoms with Crippen molar-refractivity contribution in [3.63, 3.8) is 0 Å². The summed E-state index contributed by atoms with van der Waals surface area (Å²) in [6.07, 6.45) is 3.59. The number of hydrogen-bond donors (Lipinski definition) is 1. The summed E-state index contributed by atoms with van der Waals surface area (Å²) in [5, 5.41) is 9.96. The van der Waals surface area contributed by atoms with Crippen LogP contribution in [0.15, 0.2) is 24.3 Å². The van der Waals surface area contributed by atoms with Crippen molar-refractivity contribution in [2.45, 2.75) is 37.7 Å². The second kappa shape index (κ2) is 5.32. The molecule has 0 heterocycles. The van der Waals surface area contributed by atoms with Gasteiger partial charge >= 0.3 is 5.97 Å². The van der Waals surface area contributed by atoms with Gasteiger partial charge in [0.2, 0.25) is 0 Å². The predicted molar refractivity (Wildman–Crippen MR) is 64.6 cm³/mol. The standard InChI is InChI=1S/C14H18O3/c1-17-14(16)13(15)12-9-5-4-8-11(12)10-6-2-3-7-10/h4-5,8-10,13,15H,2-3,6-7H2,1H3. The first-order valence-electron chi connectivity index (χ1n) is 6.08. The molecule has 1 saturated carbocycles. The highest BCUT2D eigenvalue weighted by Gasteiger charge is 2.25. The van der Waals surface area contributed by atoms with Gasteiger partial charge < -0.3 is 9.84 Å². The highest BCUT2D eigenvalue weighted by molar-refractivity contribution is 5.76. The molecule has 1 aliphatic rings. The number of ether oxygens (including phenoxy) is 1. The minimum Gasteiger partial charge on any atom is -0.467 e. The first-order chi connectivity index (χ1) is 8.24. The van der Waals surface area contributed by atoms with Gasteiger partial charge in [0.05, 0.1) is 7.11 Å². The lowest BCUT2D eigenvalue weighted by atomic mass is 9.90. The smallest absolute Gasteiger partial charge is 0.339 e. The quantitative estimate of drug-likeness (QED) is 0.817. The van der Waals surface area contributed by atoms with Gasteiger partial charge in [-0.15, -0.1) is 0 Å². The number of rotatable bonds is 3. The average Bonchev–Trinajstić information content (AvgIpc) is 2.90. The number of aliphatic hydroxyl groups excluding tert-OH is 1. The maximum absolute atomic E-state index is 11.4. The molecule has 2 rings (SSSR count). The lowest BCUT2D eigenvalue weighted by molar-refractivity contribution is -0.150. The summed E-state index contributed by atoms with van der Waals surface area (Å²) in [5.74, 6) is -0.110. The third kappa shape index (κ3) is 2.50. The Kier molecular flexibility index (Phi) is 3.79. The van der Waals surface area contributed by atoms with E-state index in [4.69, 9.17) is 0 Å². The molecular weight excluding hydrogens is 216 g/mol. The molecule has 0 bridgehead atoms. The Morgan fingerprint density at radius 1 is 1.35 bits per heavy atom. The van der Waals surface area contributed by atoms with E-state index in [1.165, 1.54) is 20.0 Å². The Balaban J connectivity index is 2.29. The third-order valence-corrected chi connectivity index (χ3v) is 3.51.